The predicted octanol–water partition coefficient (Wildman–Crippen LogP) is 2.93. The summed E-state index contributed by atoms with van der Waals surface area (Å²) in [6.45, 7) is 0.819. The number of hydrogen-bond acceptors (Lipinski definition) is 6. The second kappa shape index (κ2) is 9.85. The maximum atomic E-state index is 14.3. The highest BCUT2D eigenvalue weighted by Crippen LogP contribution is 2.33. The lowest BCUT2D eigenvalue weighted by Gasteiger charge is -2.34. The highest BCUT2D eigenvalue weighted by Gasteiger charge is 2.46. The summed E-state index contributed by atoms with van der Waals surface area (Å²) in [6.07, 6.45) is -0.685. The average molecular weight is 493 g/mol. The molecule has 1 aromatic heterocycles. The third-order valence-corrected chi connectivity index (χ3v) is 4.46. The first-order chi connectivity index (χ1) is 14.1. The van der Waals surface area contributed by atoms with Crippen molar-refractivity contribution in [1.82, 2.24) is 10.3 Å². The number of pyridine rings is 1. The van der Waals surface area contributed by atoms with E-state index in [1.165, 1.54) is 12.3 Å². The number of halogens is 5. The summed E-state index contributed by atoms with van der Waals surface area (Å²) in [4.78, 5) is 19.7. The third kappa shape index (κ3) is 5.05. The van der Waals surface area contributed by atoms with E-state index in [-0.39, 0.29) is 12.4 Å². The van der Waals surface area contributed by atoms with Gasteiger partial charge in [-0.2, -0.15) is 0 Å². The molecule has 0 aromatic carbocycles. The van der Waals surface area contributed by atoms with E-state index in [1.54, 1.807) is 0 Å². The minimum atomic E-state index is -3.24. The topological polar surface area (TPSA) is 110 Å². The first-order valence-electron chi connectivity index (χ1n) is 8.29. The summed E-state index contributed by atoms with van der Waals surface area (Å²) in [5, 5.41) is 11.9. The van der Waals surface area contributed by atoms with Gasteiger partial charge in [0.2, 0.25) is 0 Å². The zero-order chi connectivity index (χ0) is 22.5. The number of hydrogen-bond donors (Lipinski definition) is 3. The molecular formula is C18H17BrF4N4O3. The Kier molecular flexibility index (Phi) is 7.73. The quantitative estimate of drug-likeness (QED) is 0.400. The van der Waals surface area contributed by atoms with Gasteiger partial charge < -0.3 is 20.9 Å². The van der Waals surface area contributed by atoms with E-state index < -0.39 is 59.7 Å². The summed E-state index contributed by atoms with van der Waals surface area (Å²) < 4.78 is 61.1. The van der Waals surface area contributed by atoms with Gasteiger partial charge in [-0.3, -0.25) is 9.79 Å². The largest absolute Gasteiger partial charge is 0.505 e. The Hall–Kier alpha value is -2.73. The fourth-order valence-corrected chi connectivity index (χ4v) is 2.88. The molecule has 7 nitrogen and oxygen atoms in total. The van der Waals surface area contributed by atoms with Crippen molar-refractivity contribution >= 4 is 27.7 Å². The highest BCUT2D eigenvalue weighted by atomic mass is 79.9. The number of amides is 1. The van der Waals surface area contributed by atoms with Crippen LogP contribution in [-0.2, 0) is 4.74 Å². The maximum Gasteiger partial charge on any atom is 0.278 e. The normalized spacial score (nSPS) is 20.5. The second-order valence-electron chi connectivity index (χ2n) is 6.07. The average Bonchev–Trinajstić information content (AvgIpc) is 2.69. The summed E-state index contributed by atoms with van der Waals surface area (Å²) in [6, 6.07) is 1.17. The lowest BCUT2D eigenvalue weighted by molar-refractivity contribution is 0.00585. The Balaban J connectivity index is 2.50. The Bertz CT molecular complexity index is 936. The van der Waals surface area contributed by atoms with Crippen LogP contribution in [-0.4, -0.2) is 53.7 Å². The maximum absolute atomic E-state index is 14.3. The molecule has 12 heteroatoms. The van der Waals surface area contributed by atoms with Crippen LogP contribution in [0.5, 0.6) is 5.75 Å². The van der Waals surface area contributed by atoms with E-state index in [4.69, 9.17) is 10.5 Å². The van der Waals surface area contributed by atoms with Crippen molar-refractivity contribution < 1.29 is 32.2 Å². The van der Waals surface area contributed by atoms with Crippen LogP contribution >= 0.6 is 15.9 Å². The molecule has 2 rings (SSSR count). The number of nitrogens with zero attached hydrogens (tertiary/aromatic N) is 2. The van der Waals surface area contributed by atoms with Crippen molar-refractivity contribution in [1.29, 1.82) is 0 Å². The number of ether oxygens (including phenoxy) is 1. The number of allylic oxidation sites excluding steroid dienone is 3. The Morgan fingerprint density at radius 1 is 1.53 bits per heavy atom. The summed E-state index contributed by atoms with van der Waals surface area (Å²) in [5.74, 6) is -3.04. The van der Waals surface area contributed by atoms with Crippen molar-refractivity contribution in [3.63, 3.8) is 0 Å². The number of aromatic nitrogens is 1. The monoisotopic (exact) mass is 492 g/mol. The van der Waals surface area contributed by atoms with Gasteiger partial charge in [-0.05, 0) is 39.7 Å². The van der Waals surface area contributed by atoms with Crippen molar-refractivity contribution in [3.05, 3.63) is 58.3 Å². The van der Waals surface area contributed by atoms with Crippen molar-refractivity contribution in [2.45, 2.75) is 12.0 Å². The molecule has 2 heterocycles. The molecule has 0 radical (unpaired) electrons. The van der Waals surface area contributed by atoms with Gasteiger partial charge in [0.25, 0.3) is 12.3 Å². The van der Waals surface area contributed by atoms with E-state index in [9.17, 15) is 27.5 Å². The van der Waals surface area contributed by atoms with Crippen molar-refractivity contribution in [3.8, 4) is 5.75 Å². The molecule has 0 bridgehead atoms. The first-order valence-corrected chi connectivity index (χ1v) is 9.09. The number of amidine groups is 1. The van der Waals surface area contributed by atoms with Crippen LogP contribution in [0.1, 0.15) is 10.5 Å². The molecule has 30 heavy (non-hydrogen) atoms. The minimum Gasteiger partial charge on any atom is -0.505 e. The highest BCUT2D eigenvalue weighted by molar-refractivity contribution is 9.10. The van der Waals surface area contributed by atoms with Gasteiger partial charge in [-0.1, -0.05) is 6.58 Å². The van der Waals surface area contributed by atoms with Crippen LogP contribution in [0, 0.1) is 0 Å². The molecule has 1 aliphatic heterocycles. The molecular weight excluding hydrogens is 476 g/mol. The molecule has 0 saturated carbocycles. The van der Waals surface area contributed by atoms with Crippen LogP contribution in [0.4, 0.5) is 17.6 Å². The van der Waals surface area contributed by atoms with Gasteiger partial charge in [0.1, 0.15) is 30.7 Å². The van der Waals surface area contributed by atoms with E-state index >= 15 is 0 Å². The smallest absolute Gasteiger partial charge is 0.278 e. The fourth-order valence-electron chi connectivity index (χ4n) is 2.56. The summed E-state index contributed by atoms with van der Waals surface area (Å²) in [5.41, 5.74) is 1.13. The molecule has 0 aliphatic carbocycles. The van der Waals surface area contributed by atoms with E-state index in [0.29, 0.717) is 16.6 Å². The Labute approximate surface area is 177 Å². The lowest BCUT2D eigenvalue weighted by Crippen LogP contribution is -2.49. The molecule has 0 spiro atoms. The first kappa shape index (κ1) is 23.5. The van der Waals surface area contributed by atoms with Crippen LogP contribution in [0.3, 0.4) is 0 Å². The zero-order valence-electron chi connectivity index (χ0n) is 15.3. The number of carbonyl (C=O) groups excluding carboxylic acids is 1. The molecule has 0 saturated heterocycles. The minimum absolute atomic E-state index is 0.219. The number of nitrogens with two attached hydrogens (primary N) is 1. The van der Waals surface area contributed by atoms with E-state index in [1.807, 2.05) is 0 Å². The van der Waals surface area contributed by atoms with Gasteiger partial charge in [0.05, 0.1) is 12.3 Å². The van der Waals surface area contributed by atoms with Gasteiger partial charge in [-0.15, -0.1) is 0 Å². The van der Waals surface area contributed by atoms with Crippen LogP contribution in [0.15, 0.2) is 57.6 Å². The van der Waals surface area contributed by atoms with Crippen LogP contribution in [0.2, 0.25) is 0 Å². The van der Waals surface area contributed by atoms with Crippen LogP contribution in [0.25, 0.3) is 0 Å². The molecule has 1 amide bonds. The number of carbonyl (C=O) groups is 1. The van der Waals surface area contributed by atoms with Crippen LogP contribution < -0.4 is 11.1 Å². The van der Waals surface area contributed by atoms with Gasteiger partial charge >= 0.3 is 0 Å². The molecule has 0 fully saturated rings. The number of alkyl halides is 3. The SMILES string of the molecule is C=CC(F)=C(C=C(CF)C1(C(F)F)COCC(N)=N1)NC(=O)c1ncc(Br)cc1O. The molecule has 4 N–H and O–H groups in total. The van der Waals surface area contributed by atoms with Crippen molar-refractivity contribution in [2.24, 2.45) is 10.7 Å². The van der Waals surface area contributed by atoms with Gasteiger partial charge in [0.15, 0.2) is 11.2 Å². The standard InChI is InChI=1S/C18H17BrF4N4O3/c1-2-11(21)12(26-16(29)15-13(28)4-10(19)6-25-15)3-9(5-20)18(17(22)23)8-30-7-14(24)27-18/h2-4,6,17,28H,1,5,7-8H2,(H2,24,27)(H,26,29). The van der Waals surface area contributed by atoms with Crippen molar-refractivity contribution in [2.75, 3.05) is 19.9 Å². The molecule has 1 aromatic rings. The fraction of sp³-hybridized carbons (Fsp3) is 0.278. The number of aliphatic imine (C=N–C) groups is 1. The van der Waals surface area contributed by atoms with Gasteiger partial charge in [0, 0.05) is 10.7 Å². The number of rotatable bonds is 7. The van der Waals surface area contributed by atoms with E-state index in [2.05, 4.69) is 37.8 Å². The number of nitrogens with one attached hydrogen (secondary N) is 1. The summed E-state index contributed by atoms with van der Waals surface area (Å²) >= 11 is 3.05. The van der Waals surface area contributed by atoms with Gasteiger partial charge in [-0.25, -0.2) is 22.5 Å². The summed E-state index contributed by atoms with van der Waals surface area (Å²) in [7, 11) is 0. The molecule has 1 unspecified atom stereocenters. The molecule has 1 atom stereocenters. The Morgan fingerprint density at radius 2 is 2.23 bits per heavy atom. The predicted molar refractivity (Wildman–Crippen MR) is 105 cm³/mol. The molecule has 1 aliphatic rings. The zero-order valence-corrected chi connectivity index (χ0v) is 16.9. The second-order valence-corrected chi connectivity index (χ2v) is 6.98. The molecule has 162 valence electrons. The Morgan fingerprint density at radius 3 is 2.77 bits per heavy atom. The third-order valence-electron chi connectivity index (χ3n) is 4.03. The lowest BCUT2D eigenvalue weighted by atomic mass is 9.90. The van der Waals surface area contributed by atoms with E-state index in [0.717, 1.165) is 0 Å². The number of aromatic hydroxyl groups is 1.